The minimum Gasteiger partial charge on any atom is -0.434 e. The fraction of sp³-hybridized carbons (Fsp3) is 0.742. The predicted molar refractivity (Wildman–Crippen MR) is 158 cm³/mol. The second kappa shape index (κ2) is 17.9. The van der Waals surface area contributed by atoms with Crippen molar-refractivity contribution in [2.45, 2.75) is 134 Å². The van der Waals surface area contributed by atoms with Gasteiger partial charge in [0.2, 0.25) is 5.60 Å². The van der Waals surface area contributed by atoms with Crippen molar-refractivity contribution >= 4 is 17.5 Å². The van der Waals surface area contributed by atoms with Gasteiger partial charge in [0, 0.05) is 0 Å². The number of ether oxygens (including phenoxy) is 3. The molecule has 0 amide bonds. The third kappa shape index (κ3) is 9.28. The van der Waals surface area contributed by atoms with Gasteiger partial charge in [-0.2, -0.15) is 10.4 Å². The Morgan fingerprint density at radius 1 is 0.976 bits per heavy atom. The number of rotatable bonds is 20. The van der Waals surface area contributed by atoms with E-state index in [4.69, 9.17) is 19.9 Å². The Kier molecular flexibility index (Phi) is 14.3. The van der Waals surface area contributed by atoms with Gasteiger partial charge in [-0.1, -0.05) is 103 Å². The number of hydrogen-bond acceptors (Lipinski definition) is 10. The molecule has 0 unspecified atom stereocenters. The molecule has 4 atom stereocenters. The highest BCUT2D eigenvalue weighted by Crippen LogP contribution is 2.40. The molecule has 1 aliphatic heterocycles. The van der Waals surface area contributed by atoms with Crippen LogP contribution in [-0.4, -0.2) is 62.5 Å². The summed E-state index contributed by atoms with van der Waals surface area (Å²) in [6, 6.07) is 5.06. The summed E-state index contributed by atoms with van der Waals surface area (Å²) in [5, 5.41) is 35.4. The molecule has 2 aromatic rings. The van der Waals surface area contributed by atoms with E-state index in [1.165, 1.54) is 100 Å². The Bertz CT molecular complexity index is 1120. The number of anilines is 1. The number of hydrogen-bond donors (Lipinski definition) is 3. The standard InChI is InChI=1S/C31H49N5O6/c1-2-3-4-5-6-7-8-9-10-11-12-13-14-15-16-17-20-40-30(39)41-21-25-27(37)28(38)31(22-32,42-25)26-19-18-24-29(33)34-23-35-36(24)26/h18-19,23,25,27-28,37-38H,2-17,20-21H2,1H3,(H2,33,34,35)/t25-,27-,28-,31+/m1/s1. The lowest BCUT2D eigenvalue weighted by Crippen LogP contribution is -2.41. The van der Waals surface area contributed by atoms with Crippen LogP contribution >= 0.6 is 0 Å². The molecule has 0 radical (unpaired) electrons. The van der Waals surface area contributed by atoms with E-state index in [0.717, 1.165) is 19.3 Å². The van der Waals surface area contributed by atoms with Gasteiger partial charge in [0.15, 0.2) is 5.82 Å². The van der Waals surface area contributed by atoms with Crippen LogP contribution in [0.4, 0.5) is 10.6 Å². The summed E-state index contributed by atoms with van der Waals surface area (Å²) in [6.45, 7) is 2.11. The molecule has 234 valence electrons. The van der Waals surface area contributed by atoms with E-state index >= 15 is 0 Å². The minimum atomic E-state index is -1.95. The molecular weight excluding hydrogens is 538 g/mol. The molecule has 42 heavy (non-hydrogen) atoms. The Labute approximate surface area is 249 Å². The first kappa shape index (κ1) is 33.6. The van der Waals surface area contributed by atoms with E-state index in [1.54, 1.807) is 6.07 Å². The lowest BCUT2D eigenvalue weighted by atomic mass is 9.92. The number of aliphatic hydroxyl groups is 2. The third-order valence-corrected chi connectivity index (χ3v) is 8.07. The lowest BCUT2D eigenvalue weighted by molar-refractivity contribution is -0.0720. The van der Waals surface area contributed by atoms with Crippen LogP contribution in [0.3, 0.4) is 0 Å². The summed E-state index contributed by atoms with van der Waals surface area (Å²) < 4.78 is 17.4. The third-order valence-electron chi connectivity index (χ3n) is 8.07. The fourth-order valence-electron chi connectivity index (χ4n) is 5.55. The maximum absolute atomic E-state index is 12.1. The minimum absolute atomic E-state index is 0.175. The number of nitrogens with two attached hydrogens (primary N) is 1. The van der Waals surface area contributed by atoms with E-state index in [-0.39, 0.29) is 24.7 Å². The average Bonchev–Trinajstić information content (AvgIpc) is 3.54. The van der Waals surface area contributed by atoms with Gasteiger partial charge in [0.1, 0.15) is 42.8 Å². The summed E-state index contributed by atoms with van der Waals surface area (Å²) in [6.07, 6.45) is 16.3. The number of carbonyl (C=O) groups is 1. The maximum atomic E-state index is 12.1. The molecule has 0 aromatic carbocycles. The Morgan fingerprint density at radius 3 is 2.12 bits per heavy atom. The maximum Gasteiger partial charge on any atom is 0.508 e. The molecule has 0 spiro atoms. The number of nitrogens with zero attached hydrogens (tertiary/aromatic N) is 4. The van der Waals surface area contributed by atoms with E-state index in [0.29, 0.717) is 5.52 Å². The second-order valence-electron chi connectivity index (χ2n) is 11.3. The van der Waals surface area contributed by atoms with Gasteiger partial charge >= 0.3 is 6.16 Å². The van der Waals surface area contributed by atoms with Crippen LogP contribution in [0.25, 0.3) is 5.52 Å². The Morgan fingerprint density at radius 2 is 1.55 bits per heavy atom. The molecule has 11 heteroatoms. The smallest absolute Gasteiger partial charge is 0.434 e. The normalized spacial score (nSPS) is 21.9. The van der Waals surface area contributed by atoms with Crippen LogP contribution in [0.1, 0.15) is 115 Å². The number of aromatic nitrogens is 3. The van der Waals surface area contributed by atoms with E-state index in [1.807, 2.05) is 6.07 Å². The van der Waals surface area contributed by atoms with Gasteiger partial charge in [-0.15, -0.1) is 0 Å². The zero-order valence-electron chi connectivity index (χ0n) is 25.1. The summed E-state index contributed by atoms with van der Waals surface area (Å²) in [4.78, 5) is 16.0. The molecule has 1 fully saturated rings. The van der Waals surface area contributed by atoms with Crippen LogP contribution in [0.5, 0.6) is 0 Å². The first-order chi connectivity index (χ1) is 20.4. The van der Waals surface area contributed by atoms with Gasteiger partial charge in [0.05, 0.1) is 12.3 Å². The van der Waals surface area contributed by atoms with E-state index in [9.17, 15) is 20.3 Å². The van der Waals surface area contributed by atoms with Crippen LogP contribution in [-0.2, 0) is 19.8 Å². The number of unbranched alkanes of at least 4 members (excludes halogenated alkanes) is 15. The summed E-state index contributed by atoms with van der Waals surface area (Å²) in [5.41, 5.74) is 4.51. The molecule has 3 rings (SSSR count). The van der Waals surface area contributed by atoms with E-state index < -0.39 is 30.1 Å². The van der Waals surface area contributed by atoms with Crippen LogP contribution in [0.15, 0.2) is 18.5 Å². The first-order valence-corrected chi connectivity index (χ1v) is 15.8. The highest BCUT2D eigenvalue weighted by molar-refractivity contribution is 5.66. The number of nitrogen functional groups attached to an aromatic ring is 1. The molecule has 1 saturated heterocycles. The predicted octanol–water partition coefficient (Wildman–Crippen LogP) is 5.57. The van der Waals surface area contributed by atoms with E-state index in [2.05, 4.69) is 17.0 Å². The fourth-order valence-corrected chi connectivity index (χ4v) is 5.55. The van der Waals surface area contributed by atoms with Crippen molar-refractivity contribution in [1.29, 1.82) is 5.26 Å². The zero-order valence-corrected chi connectivity index (χ0v) is 25.1. The second-order valence-corrected chi connectivity index (χ2v) is 11.3. The quantitative estimate of drug-likeness (QED) is 0.132. The van der Waals surface area contributed by atoms with Crippen molar-refractivity contribution in [2.75, 3.05) is 18.9 Å². The zero-order chi connectivity index (χ0) is 30.2. The Hall–Kier alpha value is -2.94. The average molecular weight is 588 g/mol. The molecule has 4 N–H and O–H groups in total. The van der Waals surface area contributed by atoms with Crippen LogP contribution < -0.4 is 5.73 Å². The lowest BCUT2D eigenvalue weighted by Gasteiger charge is -2.24. The molecule has 3 heterocycles. The molecule has 11 nitrogen and oxygen atoms in total. The van der Waals surface area contributed by atoms with Crippen molar-refractivity contribution in [3.05, 3.63) is 24.2 Å². The number of fused-ring (bicyclic) bond motifs is 1. The topological polar surface area (TPSA) is 165 Å². The monoisotopic (exact) mass is 587 g/mol. The molecule has 2 aromatic heterocycles. The molecule has 0 aliphatic carbocycles. The SMILES string of the molecule is CCCCCCCCCCCCCCCCCCOC(=O)OC[C@H]1O[C@@](C#N)(c2ccc3c(N)ncnn23)[C@H](O)[C@@H]1O. The Balaban J connectivity index is 1.24. The highest BCUT2D eigenvalue weighted by atomic mass is 16.7. The van der Waals surface area contributed by atoms with Gasteiger partial charge in [-0.05, 0) is 18.6 Å². The van der Waals surface area contributed by atoms with Crippen molar-refractivity contribution in [3.8, 4) is 6.07 Å². The number of aliphatic hydroxyl groups excluding tert-OH is 2. The summed E-state index contributed by atoms with van der Waals surface area (Å²) in [7, 11) is 0. The van der Waals surface area contributed by atoms with Crippen LogP contribution in [0.2, 0.25) is 0 Å². The molecule has 0 bridgehead atoms. The molecule has 0 saturated carbocycles. The van der Waals surface area contributed by atoms with Crippen molar-refractivity contribution in [3.63, 3.8) is 0 Å². The summed E-state index contributed by atoms with van der Waals surface area (Å²) >= 11 is 0. The van der Waals surface area contributed by atoms with Crippen molar-refractivity contribution < 1.29 is 29.2 Å². The van der Waals surface area contributed by atoms with Gasteiger partial charge in [-0.3, -0.25) is 0 Å². The summed E-state index contributed by atoms with van der Waals surface area (Å²) in [5.74, 6) is 0.185. The first-order valence-electron chi connectivity index (χ1n) is 15.8. The largest absolute Gasteiger partial charge is 0.508 e. The van der Waals surface area contributed by atoms with Gasteiger partial charge in [0.25, 0.3) is 0 Å². The number of nitriles is 1. The van der Waals surface area contributed by atoms with Gasteiger partial charge < -0.3 is 30.2 Å². The van der Waals surface area contributed by atoms with Crippen molar-refractivity contribution in [2.24, 2.45) is 0 Å². The number of carbonyl (C=O) groups excluding carboxylic acids is 1. The molecular formula is C31H49N5O6. The van der Waals surface area contributed by atoms with Crippen molar-refractivity contribution in [1.82, 2.24) is 14.6 Å². The van der Waals surface area contributed by atoms with Crippen LogP contribution in [0, 0.1) is 11.3 Å². The van der Waals surface area contributed by atoms with Gasteiger partial charge in [-0.25, -0.2) is 14.3 Å². The highest BCUT2D eigenvalue weighted by Gasteiger charge is 2.57. The molecule has 1 aliphatic rings.